The van der Waals surface area contributed by atoms with Crippen molar-refractivity contribution < 1.29 is 14.3 Å². The Kier molecular flexibility index (Phi) is 4.02. The summed E-state index contributed by atoms with van der Waals surface area (Å²) in [4.78, 5) is 23.2. The number of rotatable bonds is 3. The molecule has 0 amide bonds. The molecule has 17 heavy (non-hydrogen) atoms. The summed E-state index contributed by atoms with van der Waals surface area (Å²) in [5, 5.41) is 0. The monoisotopic (exact) mass is 235 g/mol. The van der Waals surface area contributed by atoms with Gasteiger partial charge < -0.3 is 10.5 Å². The summed E-state index contributed by atoms with van der Waals surface area (Å²) >= 11 is 0. The van der Waals surface area contributed by atoms with Crippen molar-refractivity contribution in [1.29, 1.82) is 0 Å². The van der Waals surface area contributed by atoms with Gasteiger partial charge in [0.25, 0.3) is 5.78 Å². The maximum Gasteiger partial charge on any atom is 0.380 e. The van der Waals surface area contributed by atoms with Gasteiger partial charge in [0.05, 0.1) is 0 Å². The average Bonchev–Trinajstić information content (AvgIpc) is 2.26. The molecule has 0 unspecified atom stereocenters. The zero-order valence-electron chi connectivity index (χ0n) is 10.3. The first-order valence-corrected chi connectivity index (χ1v) is 5.40. The lowest BCUT2D eigenvalue weighted by Gasteiger charge is -2.18. The van der Waals surface area contributed by atoms with Crippen molar-refractivity contribution in [2.24, 2.45) is 5.73 Å². The molecule has 92 valence electrons. The Morgan fingerprint density at radius 1 is 1.18 bits per heavy atom. The van der Waals surface area contributed by atoms with Crippen molar-refractivity contribution in [3.63, 3.8) is 0 Å². The average molecular weight is 235 g/mol. The number of hydrogen-bond acceptors (Lipinski definition) is 4. The van der Waals surface area contributed by atoms with Gasteiger partial charge in [-0.1, -0.05) is 24.3 Å². The molecule has 0 aliphatic carbocycles. The Balaban J connectivity index is 2.78. The van der Waals surface area contributed by atoms with E-state index >= 15 is 0 Å². The number of ether oxygens (including phenoxy) is 1. The van der Waals surface area contributed by atoms with Crippen LogP contribution in [0.2, 0.25) is 0 Å². The Labute approximate surface area is 101 Å². The van der Waals surface area contributed by atoms with E-state index in [1.54, 1.807) is 45.0 Å². The van der Waals surface area contributed by atoms with E-state index in [0.29, 0.717) is 12.1 Å². The van der Waals surface area contributed by atoms with Crippen molar-refractivity contribution in [2.75, 3.05) is 0 Å². The molecule has 0 spiro atoms. The zero-order valence-corrected chi connectivity index (χ0v) is 10.3. The molecule has 1 rings (SSSR count). The van der Waals surface area contributed by atoms with Crippen molar-refractivity contribution in [2.45, 2.75) is 32.9 Å². The van der Waals surface area contributed by atoms with Crippen molar-refractivity contribution in [3.8, 4) is 0 Å². The third kappa shape index (κ3) is 4.00. The molecule has 0 saturated carbocycles. The van der Waals surface area contributed by atoms with Gasteiger partial charge in [-0.3, -0.25) is 4.79 Å². The van der Waals surface area contributed by atoms with Crippen LogP contribution in [0.15, 0.2) is 24.3 Å². The fourth-order valence-corrected chi connectivity index (χ4v) is 1.23. The SMILES string of the molecule is CC(C)(C)OC(=O)C(=O)c1ccc(CN)cc1. The minimum Gasteiger partial charge on any atom is -0.454 e. The fraction of sp³-hybridized carbons (Fsp3) is 0.385. The quantitative estimate of drug-likeness (QED) is 0.491. The molecule has 0 aromatic heterocycles. The highest BCUT2D eigenvalue weighted by Crippen LogP contribution is 2.11. The second-order valence-corrected chi connectivity index (χ2v) is 4.73. The van der Waals surface area contributed by atoms with E-state index in [0.717, 1.165) is 5.56 Å². The molecule has 4 heteroatoms. The number of esters is 1. The zero-order chi connectivity index (χ0) is 13.1. The van der Waals surface area contributed by atoms with Gasteiger partial charge in [0.2, 0.25) is 0 Å². The summed E-state index contributed by atoms with van der Waals surface area (Å²) in [7, 11) is 0. The summed E-state index contributed by atoms with van der Waals surface area (Å²) in [6.45, 7) is 5.56. The van der Waals surface area contributed by atoms with E-state index in [9.17, 15) is 9.59 Å². The highest BCUT2D eigenvalue weighted by molar-refractivity contribution is 6.40. The topological polar surface area (TPSA) is 69.4 Å². The van der Waals surface area contributed by atoms with Crippen LogP contribution >= 0.6 is 0 Å². The Bertz CT molecular complexity index is 415. The number of carbonyl (C=O) groups is 2. The van der Waals surface area contributed by atoms with E-state index in [2.05, 4.69) is 0 Å². The van der Waals surface area contributed by atoms with Crippen molar-refractivity contribution in [1.82, 2.24) is 0 Å². The molecule has 0 aliphatic heterocycles. The Hall–Kier alpha value is -1.68. The van der Waals surface area contributed by atoms with E-state index in [1.165, 1.54) is 0 Å². The van der Waals surface area contributed by atoms with Crippen LogP contribution in [0.25, 0.3) is 0 Å². The normalized spacial score (nSPS) is 11.1. The number of nitrogens with two attached hydrogens (primary N) is 1. The maximum atomic E-state index is 11.7. The summed E-state index contributed by atoms with van der Waals surface area (Å²) in [5.41, 5.74) is 6.00. The molecule has 0 atom stereocenters. The number of Topliss-reactive ketones (excluding diaryl/α,β-unsaturated/α-hetero) is 1. The van der Waals surface area contributed by atoms with Gasteiger partial charge in [0, 0.05) is 12.1 Å². The second kappa shape index (κ2) is 5.10. The van der Waals surface area contributed by atoms with Crippen LogP contribution in [0.1, 0.15) is 36.7 Å². The summed E-state index contributed by atoms with van der Waals surface area (Å²) in [5.74, 6) is -1.47. The van der Waals surface area contributed by atoms with Crippen molar-refractivity contribution in [3.05, 3.63) is 35.4 Å². The van der Waals surface area contributed by atoms with Crippen LogP contribution in [0.3, 0.4) is 0 Å². The van der Waals surface area contributed by atoms with Gasteiger partial charge in [-0.2, -0.15) is 0 Å². The van der Waals surface area contributed by atoms with Gasteiger partial charge in [-0.05, 0) is 26.3 Å². The van der Waals surface area contributed by atoms with Crippen molar-refractivity contribution >= 4 is 11.8 Å². The lowest BCUT2D eigenvalue weighted by atomic mass is 10.1. The first kappa shape index (κ1) is 13.4. The van der Waals surface area contributed by atoms with Crippen LogP contribution in [0, 0.1) is 0 Å². The van der Waals surface area contributed by atoms with Crippen LogP contribution in [-0.2, 0) is 16.1 Å². The lowest BCUT2D eigenvalue weighted by Crippen LogP contribution is -2.28. The maximum absolute atomic E-state index is 11.7. The summed E-state index contributed by atoms with van der Waals surface area (Å²) in [6.07, 6.45) is 0. The number of carbonyl (C=O) groups excluding carboxylic acids is 2. The second-order valence-electron chi connectivity index (χ2n) is 4.73. The van der Waals surface area contributed by atoms with E-state index in [1.807, 2.05) is 0 Å². The molecule has 0 heterocycles. The smallest absolute Gasteiger partial charge is 0.380 e. The predicted octanol–water partition coefficient (Wildman–Crippen LogP) is 1.67. The largest absolute Gasteiger partial charge is 0.454 e. The third-order valence-corrected chi connectivity index (χ3v) is 2.04. The predicted molar refractivity (Wildman–Crippen MR) is 64.5 cm³/mol. The molecule has 4 nitrogen and oxygen atoms in total. The minimum atomic E-state index is -0.835. The molecular weight excluding hydrogens is 218 g/mol. The van der Waals surface area contributed by atoms with Gasteiger partial charge in [0.1, 0.15) is 5.60 Å². The molecule has 0 radical (unpaired) electrons. The molecule has 1 aromatic carbocycles. The molecule has 1 aromatic rings. The Morgan fingerprint density at radius 2 is 1.71 bits per heavy atom. The van der Waals surface area contributed by atoms with E-state index in [4.69, 9.17) is 10.5 Å². The fourth-order valence-electron chi connectivity index (χ4n) is 1.23. The van der Waals surface area contributed by atoms with Crippen LogP contribution in [-0.4, -0.2) is 17.4 Å². The van der Waals surface area contributed by atoms with Gasteiger partial charge >= 0.3 is 5.97 Å². The molecule has 2 N–H and O–H groups in total. The first-order chi connectivity index (χ1) is 7.83. The summed E-state index contributed by atoms with van der Waals surface area (Å²) < 4.78 is 5.00. The van der Waals surface area contributed by atoms with Crippen LogP contribution < -0.4 is 5.73 Å². The number of ketones is 1. The molecule has 0 bridgehead atoms. The highest BCUT2D eigenvalue weighted by atomic mass is 16.6. The molecule has 0 saturated heterocycles. The van der Waals surface area contributed by atoms with Crippen LogP contribution in [0.5, 0.6) is 0 Å². The molecule has 0 aliphatic rings. The number of benzene rings is 1. The highest BCUT2D eigenvalue weighted by Gasteiger charge is 2.23. The lowest BCUT2D eigenvalue weighted by molar-refractivity contribution is -0.148. The van der Waals surface area contributed by atoms with Crippen LogP contribution in [0.4, 0.5) is 0 Å². The van der Waals surface area contributed by atoms with Gasteiger partial charge in [-0.15, -0.1) is 0 Å². The summed E-state index contributed by atoms with van der Waals surface area (Å²) in [6, 6.07) is 6.60. The third-order valence-electron chi connectivity index (χ3n) is 2.04. The Morgan fingerprint density at radius 3 is 2.12 bits per heavy atom. The standard InChI is InChI=1S/C13H17NO3/c1-13(2,3)17-12(16)11(15)10-6-4-9(8-14)5-7-10/h4-7H,8,14H2,1-3H3. The molecule has 0 fully saturated rings. The van der Waals surface area contributed by atoms with Gasteiger partial charge in [0.15, 0.2) is 0 Å². The van der Waals surface area contributed by atoms with Gasteiger partial charge in [-0.25, -0.2) is 4.79 Å². The first-order valence-electron chi connectivity index (χ1n) is 5.40. The minimum absolute atomic E-state index is 0.316. The van der Waals surface area contributed by atoms with E-state index in [-0.39, 0.29) is 0 Å². The molecular formula is C13H17NO3. The number of hydrogen-bond donors (Lipinski definition) is 1. The van der Waals surface area contributed by atoms with E-state index < -0.39 is 17.4 Å².